The maximum Gasteiger partial charge on any atom is 0.214 e. The van der Waals surface area contributed by atoms with Gasteiger partial charge in [0.2, 0.25) is 4.77 Å². The van der Waals surface area contributed by atoms with Gasteiger partial charge in [-0.2, -0.15) is 5.10 Å². The minimum atomic E-state index is 0.483. The lowest BCUT2D eigenvalue weighted by atomic mass is 10.2. The first-order valence-corrected chi connectivity index (χ1v) is 9.14. The van der Waals surface area contributed by atoms with E-state index in [-0.39, 0.29) is 0 Å². The van der Waals surface area contributed by atoms with E-state index in [9.17, 15) is 0 Å². The minimum absolute atomic E-state index is 0.483. The van der Waals surface area contributed by atoms with Gasteiger partial charge in [0.25, 0.3) is 0 Å². The number of ether oxygens (including phenoxy) is 1. The number of nitrogens with zero attached hydrogens (tertiary/aromatic N) is 2. The SMILES string of the molecule is Cc1n[nH]c(=S)n1NCc1ccc(OCc2ccc(Cl)cc2)c(Br)c1. The first kappa shape index (κ1) is 18.0. The quantitative estimate of drug-likeness (QED) is 0.531. The van der Waals surface area contributed by atoms with E-state index in [4.69, 9.17) is 28.6 Å². The van der Waals surface area contributed by atoms with E-state index in [1.807, 2.05) is 49.4 Å². The maximum absolute atomic E-state index is 5.89. The van der Waals surface area contributed by atoms with Crippen LogP contribution >= 0.6 is 39.7 Å². The van der Waals surface area contributed by atoms with Crippen LogP contribution in [0.4, 0.5) is 0 Å². The fraction of sp³-hybridized carbons (Fsp3) is 0.176. The van der Waals surface area contributed by atoms with Crippen molar-refractivity contribution in [3.63, 3.8) is 0 Å². The summed E-state index contributed by atoms with van der Waals surface area (Å²) in [5.41, 5.74) is 5.38. The van der Waals surface area contributed by atoms with Crippen molar-refractivity contribution in [3.8, 4) is 5.75 Å². The Kier molecular flexibility index (Phi) is 5.78. The minimum Gasteiger partial charge on any atom is -0.488 e. The fourth-order valence-corrected chi connectivity index (χ4v) is 3.15. The van der Waals surface area contributed by atoms with E-state index >= 15 is 0 Å². The van der Waals surface area contributed by atoms with E-state index in [2.05, 4.69) is 31.6 Å². The van der Waals surface area contributed by atoms with Crippen molar-refractivity contribution < 1.29 is 4.74 Å². The van der Waals surface area contributed by atoms with Crippen molar-refractivity contribution in [2.24, 2.45) is 0 Å². The van der Waals surface area contributed by atoms with Crippen LogP contribution in [-0.4, -0.2) is 14.9 Å². The third kappa shape index (κ3) is 4.62. The van der Waals surface area contributed by atoms with Crippen molar-refractivity contribution in [1.29, 1.82) is 0 Å². The molecular weight excluding hydrogens is 424 g/mol. The second-order valence-corrected chi connectivity index (χ2v) is 7.10. The summed E-state index contributed by atoms with van der Waals surface area (Å²) < 4.78 is 9.04. The molecule has 0 amide bonds. The number of hydrogen-bond donors (Lipinski definition) is 2. The molecule has 0 atom stereocenters. The van der Waals surface area contributed by atoms with E-state index in [1.165, 1.54) is 0 Å². The third-order valence-corrected chi connectivity index (χ3v) is 4.73. The summed E-state index contributed by atoms with van der Waals surface area (Å²) in [6.45, 7) is 2.98. The molecular formula is C17H16BrClN4OS. The van der Waals surface area contributed by atoms with Crippen LogP contribution in [0.3, 0.4) is 0 Å². The Labute approximate surface area is 164 Å². The van der Waals surface area contributed by atoms with Gasteiger partial charge in [-0.1, -0.05) is 29.8 Å². The van der Waals surface area contributed by atoms with Gasteiger partial charge in [-0.05, 0) is 70.5 Å². The highest BCUT2D eigenvalue weighted by molar-refractivity contribution is 9.10. The smallest absolute Gasteiger partial charge is 0.214 e. The van der Waals surface area contributed by atoms with Gasteiger partial charge in [0.1, 0.15) is 18.2 Å². The van der Waals surface area contributed by atoms with Gasteiger partial charge in [-0.25, -0.2) is 4.68 Å². The van der Waals surface area contributed by atoms with E-state index in [0.717, 1.165) is 32.2 Å². The van der Waals surface area contributed by atoms with E-state index < -0.39 is 0 Å². The number of H-pyrrole nitrogens is 1. The number of halogens is 2. The van der Waals surface area contributed by atoms with E-state index in [1.54, 1.807) is 4.68 Å². The molecule has 3 aromatic rings. The molecule has 1 aromatic heterocycles. The van der Waals surface area contributed by atoms with E-state index in [0.29, 0.717) is 17.9 Å². The Morgan fingerprint density at radius 1 is 1.24 bits per heavy atom. The van der Waals surface area contributed by atoms with Crippen LogP contribution in [-0.2, 0) is 13.2 Å². The molecule has 0 saturated carbocycles. The average molecular weight is 440 g/mol. The zero-order chi connectivity index (χ0) is 17.8. The Hall–Kier alpha value is -1.83. The lowest BCUT2D eigenvalue weighted by Crippen LogP contribution is -2.16. The van der Waals surface area contributed by atoms with Gasteiger partial charge in [0.15, 0.2) is 0 Å². The molecule has 0 spiro atoms. The maximum atomic E-state index is 5.89. The Morgan fingerprint density at radius 3 is 2.60 bits per heavy atom. The Morgan fingerprint density at radius 2 is 1.96 bits per heavy atom. The van der Waals surface area contributed by atoms with Gasteiger partial charge in [0, 0.05) is 5.02 Å². The standard InChI is InChI=1S/C17H16BrClN4OS/c1-11-21-22-17(25)23(11)20-9-13-4-7-16(15(18)8-13)24-10-12-2-5-14(19)6-3-12/h2-8,20H,9-10H2,1H3,(H,22,25). The molecule has 2 aromatic carbocycles. The molecule has 3 rings (SSSR count). The first-order valence-electron chi connectivity index (χ1n) is 7.56. The highest BCUT2D eigenvalue weighted by atomic mass is 79.9. The van der Waals surface area contributed by atoms with Gasteiger partial charge >= 0.3 is 0 Å². The molecule has 1 heterocycles. The number of aromatic nitrogens is 3. The number of aromatic amines is 1. The zero-order valence-electron chi connectivity index (χ0n) is 13.4. The van der Waals surface area contributed by atoms with Crippen molar-refractivity contribution in [2.45, 2.75) is 20.1 Å². The van der Waals surface area contributed by atoms with Crippen molar-refractivity contribution >= 4 is 39.7 Å². The molecule has 0 bridgehead atoms. The summed E-state index contributed by atoms with van der Waals surface area (Å²) in [6.07, 6.45) is 0. The number of rotatable bonds is 6. The van der Waals surface area contributed by atoms with Crippen LogP contribution in [0.2, 0.25) is 5.02 Å². The van der Waals surface area contributed by atoms with Crippen molar-refractivity contribution in [3.05, 3.63) is 73.7 Å². The predicted molar refractivity (Wildman–Crippen MR) is 105 cm³/mol. The number of benzene rings is 2. The summed E-state index contributed by atoms with van der Waals surface area (Å²) in [6, 6.07) is 13.6. The normalized spacial score (nSPS) is 10.7. The average Bonchev–Trinajstić information content (AvgIpc) is 2.92. The van der Waals surface area contributed by atoms with Crippen LogP contribution in [0.25, 0.3) is 0 Å². The molecule has 8 heteroatoms. The topological polar surface area (TPSA) is 54.9 Å². The molecule has 0 aliphatic carbocycles. The van der Waals surface area contributed by atoms with Gasteiger partial charge in [0.05, 0.1) is 11.0 Å². The lowest BCUT2D eigenvalue weighted by Gasteiger charge is -2.12. The van der Waals surface area contributed by atoms with Gasteiger partial charge in [-0.3, -0.25) is 5.10 Å². The third-order valence-electron chi connectivity index (χ3n) is 3.59. The Bertz CT molecular complexity index is 923. The molecule has 0 aliphatic rings. The molecule has 0 aliphatic heterocycles. The van der Waals surface area contributed by atoms with Crippen LogP contribution in [0, 0.1) is 11.7 Å². The summed E-state index contributed by atoms with van der Waals surface area (Å²) in [4.78, 5) is 0. The molecule has 0 unspecified atom stereocenters. The van der Waals surface area contributed by atoms with Crippen LogP contribution in [0.15, 0.2) is 46.9 Å². The van der Waals surface area contributed by atoms with Crippen LogP contribution in [0.5, 0.6) is 5.75 Å². The molecule has 0 saturated heterocycles. The highest BCUT2D eigenvalue weighted by Gasteiger charge is 2.05. The van der Waals surface area contributed by atoms with Gasteiger partial charge < -0.3 is 10.2 Å². The number of aryl methyl sites for hydroxylation is 1. The van der Waals surface area contributed by atoms with Gasteiger partial charge in [-0.15, -0.1) is 0 Å². The molecule has 25 heavy (non-hydrogen) atoms. The summed E-state index contributed by atoms with van der Waals surface area (Å²) >= 11 is 14.6. The lowest BCUT2D eigenvalue weighted by molar-refractivity contribution is 0.304. The second kappa shape index (κ2) is 8.03. The fourth-order valence-electron chi connectivity index (χ4n) is 2.25. The van der Waals surface area contributed by atoms with Crippen molar-refractivity contribution in [2.75, 3.05) is 5.43 Å². The number of nitrogens with one attached hydrogen (secondary N) is 2. The largest absolute Gasteiger partial charge is 0.488 e. The summed E-state index contributed by atoms with van der Waals surface area (Å²) in [5, 5.41) is 7.53. The molecule has 5 nitrogen and oxygen atoms in total. The summed E-state index contributed by atoms with van der Waals surface area (Å²) in [7, 11) is 0. The van der Waals surface area contributed by atoms with Crippen molar-refractivity contribution in [1.82, 2.24) is 14.9 Å². The second-order valence-electron chi connectivity index (χ2n) is 5.43. The molecule has 130 valence electrons. The van der Waals surface area contributed by atoms with Crippen LogP contribution < -0.4 is 10.2 Å². The van der Waals surface area contributed by atoms with Crippen LogP contribution in [0.1, 0.15) is 17.0 Å². The summed E-state index contributed by atoms with van der Waals surface area (Å²) in [5.74, 6) is 1.57. The zero-order valence-corrected chi connectivity index (χ0v) is 16.6. The molecule has 0 fully saturated rings. The number of hydrogen-bond acceptors (Lipinski definition) is 4. The predicted octanol–water partition coefficient (Wildman–Crippen LogP) is 4.99. The molecule has 0 radical (unpaired) electrons. The molecule has 2 N–H and O–H groups in total. The first-order chi connectivity index (χ1) is 12.0. The monoisotopic (exact) mass is 438 g/mol. The Balaban J connectivity index is 1.62. The highest BCUT2D eigenvalue weighted by Crippen LogP contribution is 2.27.